The first-order chi connectivity index (χ1) is 16.6. The van der Waals surface area contributed by atoms with Crippen LogP contribution in [0.5, 0.6) is 5.75 Å². The predicted octanol–water partition coefficient (Wildman–Crippen LogP) is 3.32. The zero-order valence-corrected chi connectivity index (χ0v) is 19.3. The number of imide groups is 1. The molecule has 34 heavy (non-hydrogen) atoms. The maximum absolute atomic E-state index is 13.0. The number of hydrogen-bond acceptors (Lipinski definition) is 5. The number of carbonyl (C=O) groups is 3. The number of nitrogens with zero attached hydrogens (tertiary/aromatic N) is 1. The molecule has 3 amide bonds. The van der Waals surface area contributed by atoms with Gasteiger partial charge < -0.3 is 15.0 Å². The smallest absolute Gasteiger partial charge is 0.255 e. The van der Waals surface area contributed by atoms with E-state index in [-0.39, 0.29) is 36.3 Å². The Hall–Kier alpha value is -3.19. The zero-order chi connectivity index (χ0) is 23.5. The van der Waals surface area contributed by atoms with E-state index >= 15 is 0 Å². The molecule has 1 saturated carbocycles. The summed E-state index contributed by atoms with van der Waals surface area (Å²) >= 11 is 0. The minimum atomic E-state index is -0.601. The monoisotopic (exact) mass is 461 g/mol. The van der Waals surface area contributed by atoms with Gasteiger partial charge in [0.05, 0.1) is 0 Å². The second kappa shape index (κ2) is 9.97. The Morgan fingerprint density at radius 2 is 1.79 bits per heavy atom. The van der Waals surface area contributed by atoms with Gasteiger partial charge in [-0.2, -0.15) is 0 Å². The second-order valence-corrected chi connectivity index (χ2v) is 9.49. The van der Waals surface area contributed by atoms with Crippen LogP contribution < -0.4 is 15.4 Å². The fourth-order valence-electron chi connectivity index (χ4n) is 5.29. The maximum Gasteiger partial charge on any atom is 0.255 e. The van der Waals surface area contributed by atoms with E-state index in [2.05, 4.69) is 34.9 Å². The molecule has 0 radical (unpaired) electrons. The average Bonchev–Trinajstić information content (AvgIpc) is 3.00. The minimum Gasteiger partial charge on any atom is -0.489 e. The zero-order valence-electron chi connectivity index (χ0n) is 19.3. The number of hydrogen-bond donors (Lipinski definition) is 2. The van der Waals surface area contributed by atoms with Crippen molar-refractivity contribution in [3.05, 3.63) is 65.2 Å². The summed E-state index contributed by atoms with van der Waals surface area (Å²) in [6.07, 6.45) is 6.28. The Labute approximate surface area is 199 Å². The Morgan fingerprint density at radius 1 is 0.971 bits per heavy atom. The van der Waals surface area contributed by atoms with Crippen LogP contribution in [-0.2, 0) is 22.7 Å². The van der Waals surface area contributed by atoms with Gasteiger partial charge in [0.2, 0.25) is 11.8 Å². The van der Waals surface area contributed by atoms with Gasteiger partial charge in [-0.1, -0.05) is 43.2 Å². The molecule has 7 heteroatoms. The third-order valence-electron chi connectivity index (χ3n) is 7.15. The summed E-state index contributed by atoms with van der Waals surface area (Å²) in [6, 6.07) is 15.7. The van der Waals surface area contributed by atoms with E-state index in [0.717, 1.165) is 37.1 Å². The lowest BCUT2D eigenvalue weighted by Crippen LogP contribution is -2.52. The van der Waals surface area contributed by atoms with Crippen molar-refractivity contribution >= 4 is 17.7 Å². The van der Waals surface area contributed by atoms with Crippen LogP contribution in [0.1, 0.15) is 66.4 Å². The fourth-order valence-corrected chi connectivity index (χ4v) is 5.29. The molecule has 0 aromatic heterocycles. The van der Waals surface area contributed by atoms with Crippen molar-refractivity contribution < 1.29 is 19.1 Å². The van der Waals surface area contributed by atoms with Crippen LogP contribution in [0.3, 0.4) is 0 Å². The number of amides is 3. The average molecular weight is 462 g/mol. The van der Waals surface area contributed by atoms with Gasteiger partial charge in [0, 0.05) is 31.1 Å². The van der Waals surface area contributed by atoms with Gasteiger partial charge in [0.15, 0.2) is 0 Å². The number of piperidine rings is 1. The molecule has 2 fully saturated rings. The van der Waals surface area contributed by atoms with Crippen LogP contribution in [0.2, 0.25) is 0 Å². The number of rotatable bonds is 6. The summed E-state index contributed by atoms with van der Waals surface area (Å²) in [5, 5.41) is 6.06. The van der Waals surface area contributed by atoms with E-state index in [1.165, 1.54) is 18.4 Å². The molecule has 1 unspecified atom stereocenters. The Balaban J connectivity index is 1.27. The Kier molecular flexibility index (Phi) is 6.63. The van der Waals surface area contributed by atoms with Crippen LogP contribution in [0, 0.1) is 0 Å². The van der Waals surface area contributed by atoms with Crippen molar-refractivity contribution in [2.24, 2.45) is 0 Å². The van der Waals surface area contributed by atoms with Crippen molar-refractivity contribution in [3.63, 3.8) is 0 Å². The van der Waals surface area contributed by atoms with Crippen molar-refractivity contribution in [2.45, 2.75) is 76.2 Å². The molecular weight excluding hydrogens is 430 g/mol. The van der Waals surface area contributed by atoms with Crippen LogP contribution in [0.4, 0.5) is 0 Å². The van der Waals surface area contributed by atoms with E-state index < -0.39 is 6.04 Å². The lowest BCUT2D eigenvalue weighted by atomic mass is 10.0. The number of ether oxygens (including phenoxy) is 1. The molecule has 2 aromatic carbocycles. The van der Waals surface area contributed by atoms with Gasteiger partial charge in [-0.25, -0.2) is 0 Å². The number of nitrogens with one attached hydrogen (secondary N) is 2. The second-order valence-electron chi connectivity index (χ2n) is 9.49. The molecule has 2 aliphatic heterocycles. The van der Waals surface area contributed by atoms with Gasteiger partial charge in [-0.15, -0.1) is 0 Å². The number of benzene rings is 2. The summed E-state index contributed by atoms with van der Waals surface area (Å²) in [5.41, 5.74) is 2.74. The topological polar surface area (TPSA) is 87.7 Å². The van der Waals surface area contributed by atoms with Crippen LogP contribution in [-0.4, -0.2) is 40.8 Å². The number of carbonyl (C=O) groups excluding carboxylic acids is 3. The molecule has 2 N–H and O–H groups in total. The van der Waals surface area contributed by atoms with Crippen molar-refractivity contribution in [1.82, 2.24) is 15.5 Å². The normalized spacial score (nSPS) is 25.0. The summed E-state index contributed by atoms with van der Waals surface area (Å²) in [4.78, 5) is 38.3. The maximum atomic E-state index is 13.0. The van der Waals surface area contributed by atoms with E-state index in [1.807, 2.05) is 24.3 Å². The first-order valence-electron chi connectivity index (χ1n) is 12.3. The molecular formula is C27H31N3O4. The van der Waals surface area contributed by atoms with E-state index in [4.69, 9.17) is 4.74 Å². The van der Waals surface area contributed by atoms with Crippen LogP contribution in [0.25, 0.3) is 0 Å². The lowest BCUT2D eigenvalue weighted by Gasteiger charge is -2.29. The molecule has 5 rings (SSSR count). The molecule has 7 nitrogen and oxygen atoms in total. The standard InChI is InChI=1S/C27H31N3O4/c31-25-14-13-23(26(32)29-25)30-17-19-15-20(11-12-21(19)27(30)33)34-24-10-6-2-5-9-22(24)28-16-18-7-3-1-4-8-18/h1,3-4,7-8,11-12,15,22-24,28H,2,5-6,9-10,13-14,16-17H2,(H,29,31,32)/t22-,23?,24+/m1/s1. The molecule has 3 aliphatic rings. The first kappa shape index (κ1) is 22.6. The largest absolute Gasteiger partial charge is 0.489 e. The molecule has 178 valence electrons. The molecule has 1 aliphatic carbocycles. The molecule has 0 spiro atoms. The van der Waals surface area contributed by atoms with Crippen LogP contribution >= 0.6 is 0 Å². The highest BCUT2D eigenvalue weighted by Gasteiger charge is 2.39. The summed E-state index contributed by atoms with van der Waals surface area (Å²) in [7, 11) is 0. The molecule has 0 bridgehead atoms. The quantitative estimate of drug-likeness (QED) is 0.509. The van der Waals surface area contributed by atoms with E-state index in [9.17, 15) is 14.4 Å². The highest BCUT2D eigenvalue weighted by Crippen LogP contribution is 2.31. The van der Waals surface area contributed by atoms with E-state index in [0.29, 0.717) is 18.5 Å². The fraction of sp³-hybridized carbons (Fsp3) is 0.444. The van der Waals surface area contributed by atoms with Gasteiger partial charge in [0.1, 0.15) is 17.9 Å². The van der Waals surface area contributed by atoms with Crippen molar-refractivity contribution in [1.29, 1.82) is 0 Å². The Morgan fingerprint density at radius 3 is 2.62 bits per heavy atom. The molecule has 2 aromatic rings. The molecule has 1 saturated heterocycles. The number of fused-ring (bicyclic) bond motifs is 1. The summed E-state index contributed by atoms with van der Waals surface area (Å²) in [6.45, 7) is 1.17. The molecule has 3 atom stereocenters. The Bertz CT molecular complexity index is 1070. The van der Waals surface area contributed by atoms with E-state index in [1.54, 1.807) is 4.90 Å². The van der Waals surface area contributed by atoms with Gasteiger partial charge in [-0.3, -0.25) is 19.7 Å². The van der Waals surface area contributed by atoms with Crippen molar-refractivity contribution in [2.75, 3.05) is 0 Å². The lowest BCUT2D eigenvalue weighted by molar-refractivity contribution is -0.136. The van der Waals surface area contributed by atoms with Crippen LogP contribution in [0.15, 0.2) is 48.5 Å². The van der Waals surface area contributed by atoms with Crippen molar-refractivity contribution in [3.8, 4) is 5.75 Å². The third kappa shape index (κ3) is 4.85. The highest BCUT2D eigenvalue weighted by atomic mass is 16.5. The minimum absolute atomic E-state index is 0.0626. The van der Waals surface area contributed by atoms with Gasteiger partial charge >= 0.3 is 0 Å². The molecule has 2 heterocycles. The first-order valence-corrected chi connectivity index (χ1v) is 12.3. The van der Waals surface area contributed by atoms with Gasteiger partial charge in [0.25, 0.3) is 5.91 Å². The highest BCUT2D eigenvalue weighted by molar-refractivity contribution is 6.05. The van der Waals surface area contributed by atoms with Gasteiger partial charge in [-0.05, 0) is 55.0 Å². The summed E-state index contributed by atoms with van der Waals surface area (Å²) in [5.74, 6) is -0.0670. The third-order valence-corrected chi connectivity index (χ3v) is 7.15. The SMILES string of the molecule is O=C1CCC(N2Cc3cc(O[C@H]4CCCCC[C@H]4NCc4ccccc4)ccc3C2=O)C(=O)N1. The predicted molar refractivity (Wildman–Crippen MR) is 127 cm³/mol. The summed E-state index contributed by atoms with van der Waals surface area (Å²) < 4.78 is 6.50.